The van der Waals surface area contributed by atoms with Crippen LogP contribution in [0.15, 0.2) is 76.8 Å². The minimum atomic E-state index is -0.730. The van der Waals surface area contributed by atoms with Gasteiger partial charge in [-0.2, -0.15) is 0 Å². The summed E-state index contributed by atoms with van der Waals surface area (Å²) in [6.07, 6.45) is 11.2. The Morgan fingerprint density at radius 3 is 2.66 bits per heavy atom. The van der Waals surface area contributed by atoms with Crippen LogP contribution in [0.4, 0.5) is 20.2 Å². The molecule has 4 rings (SSSR count). The fraction of sp³-hybridized carbons (Fsp3) is 0.286. The third-order valence-corrected chi connectivity index (χ3v) is 6.31. The zero-order valence-corrected chi connectivity index (χ0v) is 21.0. The Kier molecular flexibility index (Phi) is 8.62. The van der Waals surface area contributed by atoms with E-state index in [4.69, 9.17) is 10.7 Å². The first-order chi connectivity index (χ1) is 18.4. The Balaban J connectivity index is 1.66. The Bertz CT molecular complexity index is 1290. The number of hydrogen-bond donors (Lipinski definition) is 4. The van der Waals surface area contributed by atoms with Crippen molar-refractivity contribution in [2.45, 2.75) is 37.6 Å². The van der Waals surface area contributed by atoms with Gasteiger partial charge < -0.3 is 21.7 Å². The molecule has 2 fully saturated rings. The maximum Gasteiger partial charge on any atom is 0.222 e. The molecular weight excluding hydrogens is 488 g/mol. The second-order valence-electron chi connectivity index (χ2n) is 9.23. The molecule has 1 amide bonds. The minimum absolute atomic E-state index is 0.0262. The van der Waals surface area contributed by atoms with Crippen LogP contribution in [-0.4, -0.2) is 42.6 Å². The number of nitrogens with zero attached hydrogens (tertiary/aromatic N) is 3. The molecule has 0 bridgehead atoms. The van der Waals surface area contributed by atoms with Crippen LogP contribution in [-0.2, 0) is 4.79 Å². The van der Waals surface area contributed by atoms with Gasteiger partial charge >= 0.3 is 0 Å². The number of pyridine rings is 1. The lowest BCUT2D eigenvalue weighted by Crippen LogP contribution is -2.46. The van der Waals surface area contributed by atoms with Gasteiger partial charge in [0.2, 0.25) is 5.91 Å². The number of nitrogens with one attached hydrogen (secondary N) is 3. The van der Waals surface area contributed by atoms with Gasteiger partial charge in [-0.3, -0.25) is 19.8 Å². The van der Waals surface area contributed by atoms with Gasteiger partial charge in [0, 0.05) is 36.5 Å². The number of carbonyl (C=O) groups excluding carboxylic acids is 1. The number of aliphatic imine (C=N–C) groups is 2. The molecule has 1 aliphatic heterocycles. The molecular formula is C28H31F2N7O. The molecule has 10 heteroatoms. The van der Waals surface area contributed by atoms with Crippen molar-refractivity contribution in [3.8, 4) is 0 Å². The van der Waals surface area contributed by atoms with Crippen molar-refractivity contribution in [1.82, 2.24) is 15.6 Å². The predicted molar refractivity (Wildman–Crippen MR) is 147 cm³/mol. The zero-order valence-electron chi connectivity index (χ0n) is 21.0. The molecule has 1 aromatic heterocycles. The van der Waals surface area contributed by atoms with E-state index >= 15 is 0 Å². The molecule has 1 aliphatic carbocycles. The van der Waals surface area contributed by atoms with Crippen molar-refractivity contribution in [3.63, 3.8) is 0 Å². The van der Waals surface area contributed by atoms with Gasteiger partial charge in [-0.15, -0.1) is 0 Å². The van der Waals surface area contributed by atoms with Crippen LogP contribution in [0.1, 0.15) is 42.7 Å². The first kappa shape index (κ1) is 26.7. The number of hydrogen-bond acceptors (Lipinski definition) is 6. The molecule has 1 unspecified atom stereocenters. The Morgan fingerprint density at radius 2 is 2.00 bits per heavy atom. The van der Waals surface area contributed by atoms with E-state index in [2.05, 4.69) is 39.2 Å². The Labute approximate surface area is 220 Å². The highest BCUT2D eigenvalue weighted by Crippen LogP contribution is 2.43. The monoisotopic (exact) mass is 519 g/mol. The summed E-state index contributed by atoms with van der Waals surface area (Å²) in [4.78, 5) is 25.4. The van der Waals surface area contributed by atoms with Gasteiger partial charge in [0.05, 0.1) is 18.4 Å². The van der Waals surface area contributed by atoms with Gasteiger partial charge in [-0.1, -0.05) is 12.6 Å². The molecule has 1 saturated carbocycles. The summed E-state index contributed by atoms with van der Waals surface area (Å²) in [5.74, 6) is -0.551. The molecule has 1 atom stereocenters. The molecule has 8 nitrogen and oxygen atoms in total. The fourth-order valence-electron chi connectivity index (χ4n) is 4.32. The van der Waals surface area contributed by atoms with Crippen LogP contribution in [0.3, 0.4) is 0 Å². The third-order valence-electron chi connectivity index (χ3n) is 6.31. The second-order valence-corrected chi connectivity index (χ2v) is 9.23. The molecule has 1 saturated heterocycles. The number of amides is 1. The van der Waals surface area contributed by atoms with E-state index in [9.17, 15) is 13.6 Å². The first-order valence-corrected chi connectivity index (χ1v) is 12.4. The van der Waals surface area contributed by atoms with E-state index < -0.39 is 11.6 Å². The number of halogens is 2. The van der Waals surface area contributed by atoms with Crippen LogP contribution in [0.2, 0.25) is 0 Å². The van der Waals surface area contributed by atoms with Crippen molar-refractivity contribution in [2.24, 2.45) is 15.7 Å². The van der Waals surface area contributed by atoms with E-state index in [-0.39, 0.29) is 29.9 Å². The topological polar surface area (TPSA) is 117 Å². The highest BCUT2D eigenvalue weighted by Gasteiger charge is 2.30. The molecule has 0 spiro atoms. The number of carbonyl (C=O) groups is 1. The number of anilines is 1. The molecule has 198 valence electrons. The fourth-order valence-corrected chi connectivity index (χ4v) is 4.32. The Hall–Kier alpha value is -4.34. The third kappa shape index (κ3) is 6.70. The largest absolute Gasteiger partial charge is 0.405 e. The summed E-state index contributed by atoms with van der Waals surface area (Å²) in [5, 5.41) is 8.98. The normalized spacial score (nSPS) is 18.3. The quantitative estimate of drug-likeness (QED) is 0.213. The lowest BCUT2D eigenvalue weighted by Gasteiger charge is -2.26. The molecule has 2 aromatic rings. The van der Waals surface area contributed by atoms with E-state index in [1.807, 2.05) is 6.20 Å². The molecule has 2 aliphatic rings. The predicted octanol–water partition coefficient (Wildman–Crippen LogP) is 4.21. The number of allylic oxidation sites excluding steroid dienone is 1. The summed E-state index contributed by atoms with van der Waals surface area (Å²) in [6.45, 7) is 8.33. The van der Waals surface area contributed by atoms with Crippen molar-refractivity contribution < 1.29 is 13.6 Å². The van der Waals surface area contributed by atoms with E-state index in [0.717, 1.165) is 42.5 Å². The number of nitrogens with two attached hydrogens (primary N) is 1. The van der Waals surface area contributed by atoms with Crippen molar-refractivity contribution >= 4 is 29.8 Å². The highest BCUT2D eigenvalue weighted by atomic mass is 19.1. The second kappa shape index (κ2) is 12.3. The zero-order chi connectivity index (χ0) is 27.1. The highest BCUT2D eigenvalue weighted by molar-refractivity contribution is 6.05. The number of piperidine rings is 1. The van der Waals surface area contributed by atoms with Crippen molar-refractivity contribution in [2.75, 3.05) is 18.4 Å². The van der Waals surface area contributed by atoms with Crippen molar-refractivity contribution in [3.05, 3.63) is 89.6 Å². The molecule has 0 radical (unpaired) electrons. The van der Waals surface area contributed by atoms with Gasteiger partial charge in [-0.05, 0) is 73.5 Å². The van der Waals surface area contributed by atoms with Gasteiger partial charge in [0.15, 0.2) is 0 Å². The molecule has 1 aromatic carbocycles. The average Bonchev–Trinajstić information content (AvgIpc) is 3.74. The maximum atomic E-state index is 14.1. The van der Waals surface area contributed by atoms with Crippen LogP contribution < -0.4 is 21.7 Å². The average molecular weight is 520 g/mol. The number of rotatable bonds is 10. The first-order valence-electron chi connectivity index (χ1n) is 12.4. The van der Waals surface area contributed by atoms with E-state index in [1.165, 1.54) is 12.3 Å². The number of benzene rings is 1. The smallest absolute Gasteiger partial charge is 0.222 e. The summed E-state index contributed by atoms with van der Waals surface area (Å²) in [7, 11) is 0. The Morgan fingerprint density at radius 1 is 1.24 bits per heavy atom. The molecule has 38 heavy (non-hydrogen) atoms. The SMILES string of the molecule is C=Nc1cncc(C2CC2)c1C(=NCC(/C=C\N)=C/C(=C)Nc1c(F)cccc1F)NC1CCNC(=O)C1. The maximum absolute atomic E-state index is 14.1. The van der Waals surface area contributed by atoms with Crippen LogP contribution >= 0.6 is 0 Å². The van der Waals surface area contributed by atoms with Crippen LogP contribution in [0, 0.1) is 11.6 Å². The van der Waals surface area contributed by atoms with Gasteiger partial charge in [0.1, 0.15) is 23.2 Å². The van der Waals surface area contributed by atoms with Gasteiger partial charge in [-0.25, -0.2) is 8.78 Å². The summed E-state index contributed by atoms with van der Waals surface area (Å²) in [5.41, 5.74) is 8.71. The summed E-state index contributed by atoms with van der Waals surface area (Å²) >= 11 is 0. The van der Waals surface area contributed by atoms with E-state index in [0.29, 0.717) is 36.0 Å². The van der Waals surface area contributed by atoms with Crippen molar-refractivity contribution in [1.29, 1.82) is 0 Å². The van der Waals surface area contributed by atoms with E-state index in [1.54, 1.807) is 18.3 Å². The number of aromatic nitrogens is 1. The van der Waals surface area contributed by atoms with Crippen LogP contribution in [0.5, 0.6) is 0 Å². The summed E-state index contributed by atoms with van der Waals surface area (Å²) in [6, 6.07) is 3.50. The standard InChI is InChI=1S/C28H31F2N7O/c1-17(36-27-22(29)4-3-5-23(27)30)12-18(8-10-31)14-35-28(37-20-9-11-34-25(38)13-20)26-21(19-6-7-19)15-33-16-24(26)32-2/h3-5,8,10,12,15-16,19-20,36H,1-2,6-7,9,11,13-14,31H2,(H,34,38)(H,35,37)/b10-8-,18-12+. The molecule has 5 N–H and O–H groups in total. The van der Waals surface area contributed by atoms with Crippen LogP contribution in [0.25, 0.3) is 0 Å². The number of amidine groups is 1. The lowest BCUT2D eigenvalue weighted by atomic mass is 10.0. The molecule has 2 heterocycles. The minimum Gasteiger partial charge on any atom is -0.405 e. The van der Waals surface area contributed by atoms with Gasteiger partial charge in [0.25, 0.3) is 0 Å². The lowest BCUT2D eigenvalue weighted by molar-refractivity contribution is -0.122. The number of para-hydroxylation sites is 1. The summed E-state index contributed by atoms with van der Waals surface area (Å²) < 4.78 is 28.2.